The summed E-state index contributed by atoms with van der Waals surface area (Å²) in [5.74, 6) is 4.27. The van der Waals surface area contributed by atoms with Crippen LogP contribution in [0.15, 0.2) is 102 Å². The number of nitrogens with zero attached hydrogens (tertiary/aromatic N) is 5. The third-order valence-electron chi connectivity index (χ3n) is 12.8. The molecular weight excluding hydrogens is 910 g/mol. The summed E-state index contributed by atoms with van der Waals surface area (Å²) in [4.78, 5) is 76.1. The molecule has 0 aliphatic carbocycles. The fraction of sp³-hybridized carbons (Fsp3) is 0.327. The first-order valence-corrected chi connectivity index (χ1v) is 24.8. The lowest BCUT2D eigenvalue weighted by Crippen LogP contribution is -2.49. The molecule has 9 rings (SSSR count). The quantitative estimate of drug-likeness (QED) is 0.105. The number of anilines is 2. The van der Waals surface area contributed by atoms with Crippen LogP contribution in [-0.2, 0) is 35.7 Å². The summed E-state index contributed by atoms with van der Waals surface area (Å²) in [5.41, 5.74) is 3.82. The minimum absolute atomic E-state index is 0.00594. The van der Waals surface area contributed by atoms with E-state index in [9.17, 15) is 36.8 Å². The van der Waals surface area contributed by atoms with Crippen molar-refractivity contribution in [2.24, 2.45) is 0 Å². The second kappa shape index (κ2) is 20.2. The van der Waals surface area contributed by atoms with Gasteiger partial charge in [-0.05, 0) is 116 Å². The number of carbonyl (C=O) groups excluding carboxylic acids is 5. The van der Waals surface area contributed by atoms with Crippen molar-refractivity contribution in [3.8, 4) is 11.8 Å². The Balaban J connectivity index is 0.730. The fourth-order valence-corrected chi connectivity index (χ4v) is 11.4. The van der Waals surface area contributed by atoms with E-state index in [2.05, 4.69) is 60.1 Å². The minimum atomic E-state index is -4.22. The van der Waals surface area contributed by atoms with Crippen molar-refractivity contribution in [3.05, 3.63) is 136 Å². The lowest BCUT2D eigenvalue weighted by molar-refractivity contribution is -0.134. The van der Waals surface area contributed by atoms with Crippen LogP contribution in [0.1, 0.15) is 88.8 Å². The van der Waals surface area contributed by atoms with Gasteiger partial charge in [0.25, 0.3) is 5.91 Å². The van der Waals surface area contributed by atoms with E-state index in [1.165, 1.54) is 53.6 Å². The van der Waals surface area contributed by atoms with Crippen molar-refractivity contribution in [2.75, 3.05) is 43.4 Å². The number of hydrogen-bond donors (Lipinski definition) is 4. The van der Waals surface area contributed by atoms with E-state index >= 15 is 0 Å². The number of fused-ring (bicyclic) bond motifs is 1. The van der Waals surface area contributed by atoms with Crippen molar-refractivity contribution >= 4 is 61.7 Å². The zero-order chi connectivity index (χ0) is 47.4. The number of amides is 5. The zero-order valence-electron chi connectivity index (χ0n) is 36.8. The molecule has 0 spiro atoms. The highest BCUT2D eigenvalue weighted by Crippen LogP contribution is 2.39. The Bertz CT molecular complexity index is 2890. The molecule has 4 aliphatic rings. The molecule has 2 atom stereocenters. The SMILES string of the molecule is O=C1CCC(Nc2ccc(C3CCN(CC(=O)N4CCC(NC(=O)c5ccc(C#Cc6ccc7c(c6)S(=O)(=O)N(C(C(=O)Nc6nccs6)c6cccc(F)c6)C7)cn5)CC4)CC3)cc2)C(=O)N1. The zero-order valence-corrected chi connectivity index (χ0v) is 38.5. The van der Waals surface area contributed by atoms with Gasteiger partial charge in [0.1, 0.15) is 23.6 Å². The van der Waals surface area contributed by atoms with Crippen LogP contribution in [0.25, 0.3) is 0 Å². The van der Waals surface area contributed by atoms with Gasteiger partial charge in [0.2, 0.25) is 33.7 Å². The topological polar surface area (TPSA) is 203 Å². The smallest absolute Gasteiger partial charge is 0.270 e. The lowest BCUT2D eigenvalue weighted by atomic mass is 9.89. The van der Waals surface area contributed by atoms with E-state index in [1.807, 2.05) is 17.0 Å². The Morgan fingerprint density at radius 2 is 1.65 bits per heavy atom. The molecule has 6 heterocycles. The van der Waals surface area contributed by atoms with Crippen LogP contribution in [0.3, 0.4) is 0 Å². The van der Waals surface area contributed by atoms with Gasteiger partial charge in [0.15, 0.2) is 5.13 Å². The average molecular weight is 958 g/mol. The van der Waals surface area contributed by atoms with Gasteiger partial charge < -0.3 is 20.9 Å². The fourth-order valence-electron chi connectivity index (χ4n) is 9.08. The molecule has 68 heavy (non-hydrogen) atoms. The lowest BCUT2D eigenvalue weighted by Gasteiger charge is -2.36. The molecule has 350 valence electrons. The van der Waals surface area contributed by atoms with E-state index < -0.39 is 33.8 Å². The standard InChI is InChI=1S/C49H48FN9O7S2/c50-37-3-1-2-35(27-37)45(48(64)56-49-51-20-25-67-49)59-29-36-8-6-31(26-42(36)68(59,65)66)4-5-32-7-13-40(52-28-32)46(62)54-39-18-23-58(24-19-39)44(61)30-57-21-16-34(17-22-57)33-9-11-38(12-10-33)53-41-14-15-43(60)55-47(41)63/h1-3,6-13,20,25-28,34,39,41,45,53H,14-19,21-24,29-30H2,(H,54,62)(H,51,56,64)(H,55,60,63). The molecule has 16 nitrogen and oxygen atoms in total. The van der Waals surface area contributed by atoms with Crippen molar-refractivity contribution in [3.63, 3.8) is 0 Å². The van der Waals surface area contributed by atoms with Gasteiger partial charge in [-0.15, -0.1) is 11.3 Å². The van der Waals surface area contributed by atoms with Crippen LogP contribution < -0.4 is 21.3 Å². The molecular formula is C49H48FN9O7S2. The number of nitrogens with one attached hydrogen (secondary N) is 4. The number of likely N-dealkylation sites (tertiary alicyclic amines) is 2. The predicted octanol–water partition coefficient (Wildman–Crippen LogP) is 4.78. The Morgan fingerprint density at radius 3 is 2.35 bits per heavy atom. The second-order valence-electron chi connectivity index (χ2n) is 17.3. The van der Waals surface area contributed by atoms with E-state index in [0.717, 1.165) is 42.0 Å². The number of pyridine rings is 1. The van der Waals surface area contributed by atoms with Crippen molar-refractivity contribution in [1.82, 2.24) is 34.7 Å². The maximum atomic E-state index is 14.4. The van der Waals surface area contributed by atoms with Crippen LogP contribution in [0, 0.1) is 17.7 Å². The van der Waals surface area contributed by atoms with Gasteiger partial charge in [-0.25, -0.2) is 22.8 Å². The molecule has 0 bridgehead atoms. The molecule has 2 aromatic heterocycles. The van der Waals surface area contributed by atoms with E-state index in [4.69, 9.17) is 0 Å². The molecule has 5 aromatic rings. The molecule has 3 fully saturated rings. The first-order valence-electron chi connectivity index (χ1n) is 22.5. The van der Waals surface area contributed by atoms with Crippen LogP contribution in [0.5, 0.6) is 0 Å². The van der Waals surface area contributed by atoms with Crippen LogP contribution >= 0.6 is 11.3 Å². The number of rotatable bonds is 11. The van der Waals surface area contributed by atoms with Gasteiger partial charge in [0, 0.05) is 66.7 Å². The van der Waals surface area contributed by atoms with Crippen molar-refractivity contribution in [2.45, 2.75) is 74.0 Å². The van der Waals surface area contributed by atoms with Crippen LogP contribution in [0.4, 0.5) is 15.2 Å². The van der Waals surface area contributed by atoms with Crippen molar-refractivity contribution in [1.29, 1.82) is 0 Å². The molecule has 3 aromatic carbocycles. The molecule has 4 aliphatic heterocycles. The largest absolute Gasteiger partial charge is 0.374 e. The number of imide groups is 1. The van der Waals surface area contributed by atoms with Gasteiger partial charge in [0.05, 0.1) is 11.4 Å². The summed E-state index contributed by atoms with van der Waals surface area (Å²) in [5, 5.41) is 13.2. The third kappa shape index (κ3) is 10.6. The first kappa shape index (κ1) is 46.3. The van der Waals surface area contributed by atoms with Crippen LogP contribution in [0.2, 0.25) is 0 Å². The summed E-state index contributed by atoms with van der Waals surface area (Å²) >= 11 is 1.17. The number of benzene rings is 3. The Morgan fingerprint density at radius 1 is 0.882 bits per heavy atom. The maximum absolute atomic E-state index is 14.4. The Kier molecular flexibility index (Phi) is 13.7. The Labute approximate surface area is 396 Å². The van der Waals surface area contributed by atoms with Gasteiger partial charge in [-0.2, -0.15) is 4.31 Å². The average Bonchev–Trinajstić information content (AvgIpc) is 3.94. The second-order valence-corrected chi connectivity index (χ2v) is 20.0. The number of halogens is 1. The van der Waals surface area contributed by atoms with Gasteiger partial charge >= 0.3 is 0 Å². The highest BCUT2D eigenvalue weighted by Gasteiger charge is 2.43. The van der Waals surface area contributed by atoms with Gasteiger partial charge in [-0.1, -0.05) is 42.2 Å². The number of hydrogen-bond acceptors (Lipinski definition) is 12. The van der Waals surface area contributed by atoms with Crippen molar-refractivity contribution < 1.29 is 36.8 Å². The normalized spacial score (nSPS) is 19.2. The van der Waals surface area contributed by atoms with E-state index in [0.29, 0.717) is 67.9 Å². The molecule has 4 N–H and O–H groups in total. The molecule has 19 heteroatoms. The van der Waals surface area contributed by atoms with E-state index in [1.54, 1.807) is 29.6 Å². The van der Waals surface area contributed by atoms with Crippen LogP contribution in [-0.4, -0.2) is 107 Å². The highest BCUT2D eigenvalue weighted by molar-refractivity contribution is 7.89. The number of piperidine rings is 3. The minimum Gasteiger partial charge on any atom is -0.374 e. The number of thiazole rings is 1. The summed E-state index contributed by atoms with van der Waals surface area (Å²) in [6, 6.07) is 19.5. The summed E-state index contributed by atoms with van der Waals surface area (Å²) in [6.07, 6.45) is 6.89. The summed E-state index contributed by atoms with van der Waals surface area (Å²) in [7, 11) is -4.22. The van der Waals surface area contributed by atoms with E-state index in [-0.39, 0.29) is 57.5 Å². The molecule has 5 amide bonds. The molecule has 3 saturated heterocycles. The number of sulfonamides is 1. The third-order valence-corrected chi connectivity index (χ3v) is 15.4. The number of carbonyl (C=O) groups is 5. The summed E-state index contributed by atoms with van der Waals surface area (Å²) in [6.45, 7) is 2.95. The first-order chi connectivity index (χ1) is 32.9. The summed E-state index contributed by atoms with van der Waals surface area (Å²) < 4.78 is 43.4. The molecule has 0 radical (unpaired) electrons. The predicted molar refractivity (Wildman–Crippen MR) is 251 cm³/mol. The molecule has 0 saturated carbocycles. The monoisotopic (exact) mass is 957 g/mol. The Hall–Kier alpha value is -6.85. The highest BCUT2D eigenvalue weighted by atomic mass is 32.2. The number of aromatic nitrogens is 2. The molecule has 2 unspecified atom stereocenters. The van der Waals surface area contributed by atoms with Gasteiger partial charge in [-0.3, -0.25) is 34.2 Å². The maximum Gasteiger partial charge on any atom is 0.270 e.